The van der Waals surface area contributed by atoms with Crippen molar-refractivity contribution in [2.24, 2.45) is 5.73 Å². The van der Waals surface area contributed by atoms with Gasteiger partial charge in [-0.3, -0.25) is 0 Å². The molecule has 0 saturated heterocycles. The number of urea groups is 1. The summed E-state index contributed by atoms with van der Waals surface area (Å²) in [5.74, 6) is 0. The van der Waals surface area contributed by atoms with Gasteiger partial charge in [0.15, 0.2) is 0 Å². The number of rotatable bonds is 12. The molecule has 0 aliphatic rings. The summed E-state index contributed by atoms with van der Waals surface area (Å²) in [5, 5.41) is 0. The Bertz CT molecular complexity index is 195. The first-order valence-electron chi connectivity index (χ1n) is 7.69. The van der Waals surface area contributed by atoms with E-state index in [0.717, 1.165) is 13.0 Å². The van der Waals surface area contributed by atoms with Gasteiger partial charge in [-0.15, -0.1) is 0 Å². The molecular weight excluding hydrogens is 224 g/mol. The summed E-state index contributed by atoms with van der Waals surface area (Å²) in [6.45, 7) is 3.06. The van der Waals surface area contributed by atoms with Gasteiger partial charge in [-0.05, 0) is 6.42 Å². The number of nitrogens with zero attached hydrogens (tertiary/aromatic N) is 1. The lowest BCUT2D eigenvalue weighted by molar-refractivity contribution is 0.217. The minimum atomic E-state index is -0.318. The van der Waals surface area contributed by atoms with Crippen LogP contribution in [0, 0.1) is 0 Å². The molecule has 2 N–H and O–H groups in total. The van der Waals surface area contributed by atoms with Crippen LogP contribution in [-0.2, 0) is 0 Å². The Kier molecular flexibility index (Phi) is 12.2. The van der Waals surface area contributed by atoms with Crippen molar-refractivity contribution < 1.29 is 4.79 Å². The highest BCUT2D eigenvalue weighted by Gasteiger charge is 2.01. The first kappa shape index (κ1) is 17.3. The van der Waals surface area contributed by atoms with Crippen LogP contribution in [0.1, 0.15) is 77.6 Å². The van der Waals surface area contributed by atoms with Gasteiger partial charge in [0.05, 0.1) is 0 Å². The number of carbonyl (C=O) groups excluding carboxylic acids is 1. The zero-order chi connectivity index (χ0) is 13.6. The summed E-state index contributed by atoms with van der Waals surface area (Å²) in [7, 11) is 1.76. The molecule has 3 heteroatoms. The van der Waals surface area contributed by atoms with Gasteiger partial charge in [0.25, 0.3) is 0 Å². The highest BCUT2D eigenvalue weighted by atomic mass is 16.2. The summed E-state index contributed by atoms with van der Waals surface area (Å²) in [4.78, 5) is 12.4. The van der Waals surface area contributed by atoms with Gasteiger partial charge in [-0.2, -0.15) is 0 Å². The molecule has 0 bridgehead atoms. The van der Waals surface area contributed by atoms with Crippen molar-refractivity contribution in [1.82, 2.24) is 4.90 Å². The number of amides is 2. The fraction of sp³-hybridized carbons (Fsp3) is 0.933. The maximum atomic E-state index is 10.8. The molecule has 2 amide bonds. The topological polar surface area (TPSA) is 46.3 Å². The van der Waals surface area contributed by atoms with Crippen LogP contribution >= 0.6 is 0 Å². The van der Waals surface area contributed by atoms with Crippen LogP contribution < -0.4 is 5.73 Å². The molecule has 0 atom stereocenters. The molecule has 0 radical (unpaired) electrons. The molecule has 0 saturated carbocycles. The van der Waals surface area contributed by atoms with Crippen molar-refractivity contribution in [2.45, 2.75) is 77.6 Å². The molecule has 0 aromatic rings. The smallest absolute Gasteiger partial charge is 0.314 e. The lowest BCUT2D eigenvalue weighted by Crippen LogP contribution is -2.32. The molecule has 0 aliphatic carbocycles. The molecule has 18 heavy (non-hydrogen) atoms. The van der Waals surface area contributed by atoms with Crippen LogP contribution in [0.4, 0.5) is 4.79 Å². The molecule has 0 aliphatic heterocycles. The molecular formula is C15H32N2O. The monoisotopic (exact) mass is 256 g/mol. The molecule has 108 valence electrons. The molecule has 0 heterocycles. The van der Waals surface area contributed by atoms with Crippen molar-refractivity contribution in [3.63, 3.8) is 0 Å². The third kappa shape index (κ3) is 11.7. The molecule has 0 rings (SSSR count). The van der Waals surface area contributed by atoms with Crippen molar-refractivity contribution in [3.8, 4) is 0 Å². The van der Waals surface area contributed by atoms with E-state index in [0.29, 0.717) is 0 Å². The van der Waals surface area contributed by atoms with E-state index in [1.165, 1.54) is 64.2 Å². The Labute approximate surface area is 113 Å². The molecule has 0 aromatic carbocycles. The number of carbonyl (C=O) groups is 1. The van der Waals surface area contributed by atoms with Crippen LogP contribution in [0.3, 0.4) is 0 Å². The first-order chi connectivity index (χ1) is 8.68. The van der Waals surface area contributed by atoms with E-state index in [1.54, 1.807) is 11.9 Å². The van der Waals surface area contributed by atoms with Crippen molar-refractivity contribution in [3.05, 3.63) is 0 Å². The van der Waals surface area contributed by atoms with E-state index in [2.05, 4.69) is 6.92 Å². The first-order valence-corrected chi connectivity index (χ1v) is 7.69. The van der Waals surface area contributed by atoms with Crippen molar-refractivity contribution in [2.75, 3.05) is 13.6 Å². The lowest BCUT2D eigenvalue weighted by Gasteiger charge is -2.13. The van der Waals surface area contributed by atoms with E-state index in [1.807, 2.05) is 0 Å². The Morgan fingerprint density at radius 2 is 1.22 bits per heavy atom. The van der Waals surface area contributed by atoms with E-state index in [9.17, 15) is 4.79 Å². The zero-order valence-corrected chi connectivity index (χ0v) is 12.4. The van der Waals surface area contributed by atoms with E-state index in [4.69, 9.17) is 5.73 Å². The Morgan fingerprint density at radius 1 is 0.833 bits per heavy atom. The average molecular weight is 256 g/mol. The maximum Gasteiger partial charge on any atom is 0.314 e. The summed E-state index contributed by atoms with van der Waals surface area (Å²) in [6.07, 6.45) is 14.7. The quantitative estimate of drug-likeness (QED) is 0.520. The number of unbranched alkanes of at least 4 members (excludes halogenated alkanes) is 10. The minimum absolute atomic E-state index is 0.318. The third-order valence-corrected chi connectivity index (χ3v) is 3.47. The summed E-state index contributed by atoms with van der Waals surface area (Å²) < 4.78 is 0. The van der Waals surface area contributed by atoms with Gasteiger partial charge in [0.1, 0.15) is 0 Å². The lowest BCUT2D eigenvalue weighted by atomic mass is 10.1. The normalized spacial score (nSPS) is 10.6. The predicted molar refractivity (Wildman–Crippen MR) is 78.7 cm³/mol. The van der Waals surface area contributed by atoms with Gasteiger partial charge < -0.3 is 10.6 Å². The average Bonchev–Trinajstić information content (AvgIpc) is 2.35. The van der Waals surface area contributed by atoms with Gasteiger partial charge in [-0.25, -0.2) is 4.79 Å². The number of hydrogen-bond donors (Lipinski definition) is 1. The summed E-state index contributed by atoms with van der Waals surface area (Å²) >= 11 is 0. The van der Waals surface area contributed by atoms with Crippen molar-refractivity contribution in [1.29, 1.82) is 0 Å². The van der Waals surface area contributed by atoms with E-state index in [-0.39, 0.29) is 6.03 Å². The number of hydrogen-bond acceptors (Lipinski definition) is 1. The SMILES string of the molecule is CCCCCCCCCCCCCN(C)C(N)=O. The van der Waals surface area contributed by atoms with Crippen LogP contribution in [-0.4, -0.2) is 24.5 Å². The Balaban J connectivity index is 3.05. The van der Waals surface area contributed by atoms with E-state index < -0.39 is 0 Å². The second kappa shape index (κ2) is 12.7. The minimum Gasteiger partial charge on any atom is -0.351 e. The molecule has 0 aromatic heterocycles. The van der Waals surface area contributed by atoms with Crippen LogP contribution in [0.15, 0.2) is 0 Å². The van der Waals surface area contributed by atoms with Gasteiger partial charge in [0, 0.05) is 13.6 Å². The third-order valence-electron chi connectivity index (χ3n) is 3.47. The largest absolute Gasteiger partial charge is 0.351 e. The standard InChI is InChI=1S/C15H32N2O/c1-3-4-5-6-7-8-9-10-11-12-13-14-17(2)15(16)18/h3-14H2,1-2H3,(H2,16,18). The summed E-state index contributed by atoms with van der Waals surface area (Å²) in [6, 6.07) is -0.318. The second-order valence-electron chi connectivity index (χ2n) is 5.30. The predicted octanol–water partition coefficient (Wildman–Crippen LogP) is 4.31. The highest BCUT2D eigenvalue weighted by molar-refractivity contribution is 5.71. The molecule has 0 unspecified atom stereocenters. The van der Waals surface area contributed by atoms with Crippen molar-refractivity contribution >= 4 is 6.03 Å². The fourth-order valence-corrected chi connectivity index (χ4v) is 2.12. The number of primary amides is 1. The van der Waals surface area contributed by atoms with Crippen LogP contribution in [0.2, 0.25) is 0 Å². The molecule has 3 nitrogen and oxygen atoms in total. The maximum absolute atomic E-state index is 10.8. The van der Waals surface area contributed by atoms with Gasteiger partial charge in [0.2, 0.25) is 0 Å². The summed E-state index contributed by atoms with van der Waals surface area (Å²) in [5.41, 5.74) is 5.15. The highest BCUT2D eigenvalue weighted by Crippen LogP contribution is 2.11. The molecule has 0 spiro atoms. The second-order valence-corrected chi connectivity index (χ2v) is 5.30. The Morgan fingerprint density at radius 3 is 1.61 bits per heavy atom. The van der Waals surface area contributed by atoms with Gasteiger partial charge in [-0.1, -0.05) is 71.1 Å². The van der Waals surface area contributed by atoms with Crippen LogP contribution in [0.5, 0.6) is 0 Å². The van der Waals surface area contributed by atoms with E-state index >= 15 is 0 Å². The van der Waals surface area contributed by atoms with Gasteiger partial charge >= 0.3 is 6.03 Å². The molecule has 0 fully saturated rings. The number of nitrogens with two attached hydrogens (primary N) is 1. The fourth-order valence-electron chi connectivity index (χ4n) is 2.12. The van der Waals surface area contributed by atoms with Crippen LogP contribution in [0.25, 0.3) is 0 Å². The zero-order valence-electron chi connectivity index (χ0n) is 12.4. The Hall–Kier alpha value is -0.730.